The molecule has 0 atom stereocenters. The number of aromatic nitrogens is 2. The molecule has 7 heteroatoms. The van der Waals surface area contributed by atoms with Gasteiger partial charge < -0.3 is 4.57 Å². The minimum Gasteiger partial charge on any atom is -0.301 e. The number of anilines is 1. The van der Waals surface area contributed by atoms with E-state index in [9.17, 15) is 12.8 Å². The molecule has 124 valence electrons. The van der Waals surface area contributed by atoms with E-state index in [1.54, 1.807) is 36.0 Å². The predicted molar refractivity (Wildman–Crippen MR) is 90.2 cm³/mol. The number of benzene rings is 2. The molecule has 0 aliphatic heterocycles. The van der Waals surface area contributed by atoms with Gasteiger partial charge in [0.2, 0.25) is 0 Å². The highest BCUT2D eigenvalue weighted by Gasteiger charge is 2.15. The molecule has 0 radical (unpaired) electrons. The van der Waals surface area contributed by atoms with Crippen LogP contribution in [0.4, 0.5) is 10.1 Å². The summed E-state index contributed by atoms with van der Waals surface area (Å²) in [7, 11) is -3.76. The Bertz CT molecular complexity index is 979. The van der Waals surface area contributed by atoms with E-state index in [1.165, 1.54) is 24.3 Å². The maximum absolute atomic E-state index is 14.3. The van der Waals surface area contributed by atoms with Crippen molar-refractivity contribution in [1.29, 1.82) is 0 Å². The Balaban J connectivity index is 1.90. The van der Waals surface area contributed by atoms with E-state index in [1.807, 2.05) is 6.92 Å². The first-order chi connectivity index (χ1) is 11.4. The molecule has 5 nitrogen and oxygen atoms in total. The van der Waals surface area contributed by atoms with Crippen molar-refractivity contribution in [2.24, 2.45) is 0 Å². The molecule has 1 aromatic heterocycles. The third kappa shape index (κ3) is 3.16. The van der Waals surface area contributed by atoms with Crippen LogP contribution in [0.2, 0.25) is 0 Å². The minimum absolute atomic E-state index is 0.128. The van der Waals surface area contributed by atoms with Gasteiger partial charge in [-0.3, -0.25) is 4.72 Å². The van der Waals surface area contributed by atoms with Crippen LogP contribution < -0.4 is 4.72 Å². The smallest absolute Gasteiger partial charge is 0.261 e. The van der Waals surface area contributed by atoms with Gasteiger partial charge in [-0.1, -0.05) is 17.7 Å². The minimum atomic E-state index is -3.76. The van der Waals surface area contributed by atoms with Crippen molar-refractivity contribution in [1.82, 2.24) is 9.55 Å². The lowest BCUT2D eigenvalue weighted by atomic mass is 10.2. The summed E-state index contributed by atoms with van der Waals surface area (Å²) in [5, 5.41) is 0. The lowest BCUT2D eigenvalue weighted by molar-refractivity contribution is 0.601. The molecule has 0 saturated heterocycles. The topological polar surface area (TPSA) is 64.0 Å². The zero-order valence-electron chi connectivity index (χ0n) is 13.2. The van der Waals surface area contributed by atoms with E-state index in [-0.39, 0.29) is 10.6 Å². The number of halogens is 1. The Morgan fingerprint density at radius 1 is 1.08 bits per heavy atom. The van der Waals surface area contributed by atoms with Gasteiger partial charge >= 0.3 is 0 Å². The fourth-order valence-corrected chi connectivity index (χ4v) is 3.38. The Hall–Kier alpha value is -2.67. The van der Waals surface area contributed by atoms with Crippen molar-refractivity contribution in [2.45, 2.75) is 18.7 Å². The quantitative estimate of drug-likeness (QED) is 0.788. The molecule has 3 rings (SSSR count). The fraction of sp³-hybridized carbons (Fsp3) is 0.118. The molecule has 0 spiro atoms. The maximum Gasteiger partial charge on any atom is 0.261 e. The standard InChI is InChI=1S/C17H16FN3O2S/c1-12-3-6-15(7-4-12)24(22,23)20-14-5-8-17(16(18)11-14)21-10-9-19-13(21)2/h3-11,20H,1-2H3. The third-order valence-corrected chi connectivity index (χ3v) is 5.01. The molecule has 0 unspecified atom stereocenters. The van der Waals surface area contributed by atoms with Crippen LogP contribution in [0.25, 0.3) is 5.69 Å². The monoisotopic (exact) mass is 345 g/mol. The van der Waals surface area contributed by atoms with E-state index in [4.69, 9.17) is 0 Å². The number of nitrogens with one attached hydrogen (secondary N) is 1. The van der Waals surface area contributed by atoms with Gasteiger partial charge in [-0.15, -0.1) is 0 Å². The largest absolute Gasteiger partial charge is 0.301 e. The number of aryl methyl sites for hydroxylation is 2. The fourth-order valence-electron chi connectivity index (χ4n) is 2.33. The van der Waals surface area contributed by atoms with Gasteiger partial charge in [0.25, 0.3) is 10.0 Å². The summed E-state index contributed by atoms with van der Waals surface area (Å²) in [4.78, 5) is 4.18. The Kier molecular flexibility index (Phi) is 4.11. The molecule has 2 aromatic carbocycles. The molecular weight excluding hydrogens is 329 g/mol. The first-order valence-corrected chi connectivity index (χ1v) is 8.74. The zero-order valence-corrected chi connectivity index (χ0v) is 14.0. The van der Waals surface area contributed by atoms with E-state index in [0.29, 0.717) is 11.5 Å². The van der Waals surface area contributed by atoms with Crippen LogP contribution in [0.1, 0.15) is 11.4 Å². The summed E-state index contributed by atoms with van der Waals surface area (Å²) >= 11 is 0. The summed E-state index contributed by atoms with van der Waals surface area (Å²) in [5.41, 5.74) is 1.43. The molecule has 1 heterocycles. The van der Waals surface area contributed by atoms with Crippen LogP contribution >= 0.6 is 0 Å². The molecule has 0 aliphatic rings. The molecule has 0 saturated carbocycles. The third-order valence-electron chi connectivity index (χ3n) is 3.62. The number of hydrogen-bond donors (Lipinski definition) is 1. The lowest BCUT2D eigenvalue weighted by Crippen LogP contribution is -2.13. The van der Waals surface area contributed by atoms with E-state index in [2.05, 4.69) is 9.71 Å². The molecule has 3 aromatic rings. The van der Waals surface area contributed by atoms with Crippen LogP contribution in [0, 0.1) is 19.7 Å². The number of rotatable bonds is 4. The van der Waals surface area contributed by atoms with Gasteiger partial charge in [-0.25, -0.2) is 17.8 Å². The van der Waals surface area contributed by atoms with Gasteiger partial charge in [-0.2, -0.15) is 0 Å². The highest BCUT2D eigenvalue weighted by Crippen LogP contribution is 2.22. The first kappa shape index (κ1) is 16.2. The first-order valence-electron chi connectivity index (χ1n) is 7.26. The molecule has 0 amide bonds. The average molecular weight is 345 g/mol. The summed E-state index contributed by atoms with van der Waals surface area (Å²) < 4.78 is 43.0. The Morgan fingerprint density at radius 2 is 1.79 bits per heavy atom. The summed E-state index contributed by atoms with van der Waals surface area (Å²) in [5.74, 6) is 0.0992. The number of sulfonamides is 1. The molecule has 24 heavy (non-hydrogen) atoms. The van der Waals surface area contributed by atoms with E-state index >= 15 is 0 Å². The highest BCUT2D eigenvalue weighted by atomic mass is 32.2. The molecule has 0 aliphatic carbocycles. The van der Waals surface area contributed by atoms with Crippen LogP contribution in [0.5, 0.6) is 0 Å². The van der Waals surface area contributed by atoms with Gasteiger partial charge in [-0.05, 0) is 38.1 Å². The van der Waals surface area contributed by atoms with Crippen LogP contribution in [-0.4, -0.2) is 18.0 Å². The van der Waals surface area contributed by atoms with Crippen LogP contribution in [-0.2, 0) is 10.0 Å². The van der Waals surface area contributed by atoms with Gasteiger partial charge in [0.1, 0.15) is 11.6 Å². The summed E-state index contributed by atoms with van der Waals surface area (Å²) in [6, 6.07) is 10.6. The Labute approximate surface area is 139 Å². The van der Waals surface area contributed by atoms with Gasteiger partial charge in [0.15, 0.2) is 0 Å². The average Bonchev–Trinajstić information content (AvgIpc) is 2.93. The second-order valence-corrected chi connectivity index (χ2v) is 7.11. The predicted octanol–water partition coefficient (Wildman–Crippen LogP) is 3.43. The number of imidazole rings is 1. The number of nitrogens with zero attached hydrogens (tertiary/aromatic N) is 2. The molecule has 0 bridgehead atoms. The zero-order chi connectivity index (χ0) is 17.3. The normalized spacial score (nSPS) is 11.5. The van der Waals surface area contributed by atoms with Crippen LogP contribution in [0.3, 0.4) is 0 Å². The molecular formula is C17H16FN3O2S. The second-order valence-electron chi connectivity index (χ2n) is 5.43. The maximum atomic E-state index is 14.3. The van der Waals surface area contributed by atoms with Gasteiger partial charge in [0.05, 0.1) is 16.3 Å². The van der Waals surface area contributed by atoms with Crippen molar-refractivity contribution in [3.8, 4) is 5.69 Å². The van der Waals surface area contributed by atoms with Gasteiger partial charge in [0, 0.05) is 18.5 Å². The second kappa shape index (κ2) is 6.09. The van der Waals surface area contributed by atoms with E-state index in [0.717, 1.165) is 11.6 Å². The van der Waals surface area contributed by atoms with Crippen molar-refractivity contribution in [2.75, 3.05) is 4.72 Å². The van der Waals surface area contributed by atoms with E-state index < -0.39 is 15.8 Å². The van der Waals surface area contributed by atoms with Crippen molar-refractivity contribution >= 4 is 15.7 Å². The lowest BCUT2D eigenvalue weighted by Gasteiger charge is -2.11. The molecule has 0 fully saturated rings. The summed E-state index contributed by atoms with van der Waals surface area (Å²) in [6.07, 6.45) is 3.21. The van der Waals surface area contributed by atoms with Crippen LogP contribution in [0.15, 0.2) is 59.8 Å². The Morgan fingerprint density at radius 3 is 2.38 bits per heavy atom. The highest BCUT2D eigenvalue weighted by molar-refractivity contribution is 7.92. The SMILES string of the molecule is Cc1ccc(S(=O)(=O)Nc2ccc(-n3ccnc3C)c(F)c2)cc1. The van der Waals surface area contributed by atoms with Crippen molar-refractivity contribution in [3.63, 3.8) is 0 Å². The molecule has 1 N–H and O–H groups in total. The summed E-state index contributed by atoms with van der Waals surface area (Å²) in [6.45, 7) is 3.63. The number of hydrogen-bond acceptors (Lipinski definition) is 3. The van der Waals surface area contributed by atoms with Crippen molar-refractivity contribution < 1.29 is 12.8 Å². The van der Waals surface area contributed by atoms with Crippen molar-refractivity contribution in [3.05, 3.63) is 72.1 Å².